The Morgan fingerprint density at radius 3 is 0.854 bits per heavy atom. The molecule has 0 aromatic heterocycles. The van der Waals surface area contributed by atoms with E-state index in [9.17, 15) is 44.4 Å². The van der Waals surface area contributed by atoms with Crippen molar-refractivity contribution in [3.8, 4) is 0 Å². The maximum absolute atomic E-state index is 15.5. The summed E-state index contributed by atoms with van der Waals surface area (Å²) >= 11 is 0. The molecule has 10 aromatic rings. The van der Waals surface area contributed by atoms with E-state index in [1.807, 2.05) is 0 Å². The van der Waals surface area contributed by atoms with Crippen LogP contribution in [0.5, 0.6) is 0 Å². The number of carboxylic acids is 2. The van der Waals surface area contributed by atoms with E-state index in [1.54, 1.807) is 182 Å². The van der Waals surface area contributed by atoms with Crippen molar-refractivity contribution >= 4 is 47.8 Å². The molecule has 4 N–H and O–H groups in total. The van der Waals surface area contributed by atoms with Gasteiger partial charge in [0, 0.05) is 0 Å². The Morgan fingerprint density at radius 2 is 0.504 bits per heavy atom. The molecule has 0 spiro atoms. The van der Waals surface area contributed by atoms with Crippen LogP contribution in [0.15, 0.2) is 303 Å². The second kappa shape index (κ2) is 42.3. The van der Waals surface area contributed by atoms with E-state index in [4.69, 9.17) is 80.5 Å². The summed E-state index contributed by atoms with van der Waals surface area (Å²) < 4.78 is 112. The van der Waals surface area contributed by atoms with Gasteiger partial charge in [0.15, 0.2) is 74.0 Å². The Morgan fingerprint density at radius 1 is 0.252 bits per heavy atom. The van der Waals surface area contributed by atoms with Crippen LogP contribution < -0.4 is 0 Å². The second-order valence-electron chi connectivity index (χ2n) is 28.9. The number of aliphatic carboxylic acids is 2. The standard InChI is InChI=1S/C94H86O29/c95-69-72(109-53-59-35-15-3-16-36-59)78(83(96)97)122-92(73(69)113-85(100)61-39-19-5-20-40-61)119-71-68(56-108-52-58-33-13-2-14-34-58)112-93(81(117-89(104)65-47-27-9-28-48-65)76(71)115-87(102)63-43-23-7-24-44-63)121-77-74(110-54-60-37-17-4-18-38-60)79(84(98)99)123-94(82(77)118-90(105)66-49-29-10-30-50-66)120-70-67(55-107-51-57-31-11-1-12-32-57)111-91(106)80(116-88(103)64-45-25-8-26-46-64)75(70)114-86(101)62-41-21-6-22-42-62/h1-50,67-82,91-95,106H,51-56H2,(H,96,97)(H,98,99). The Bertz CT molecular complexity index is 5080. The monoisotopic (exact) mass is 1680 g/mol. The van der Waals surface area contributed by atoms with Crippen LogP contribution in [0, 0.1) is 0 Å². The Kier molecular flexibility index (Phi) is 29.8. The fraction of sp³-hybridized carbons (Fsp3) is 0.277. The molecule has 0 aliphatic carbocycles. The third-order valence-electron chi connectivity index (χ3n) is 20.5. The van der Waals surface area contributed by atoms with E-state index in [1.165, 1.54) is 121 Å². The highest BCUT2D eigenvalue weighted by Crippen LogP contribution is 2.41. The van der Waals surface area contributed by atoms with Gasteiger partial charge in [-0.1, -0.05) is 231 Å². The van der Waals surface area contributed by atoms with Gasteiger partial charge in [-0.2, -0.15) is 0 Å². The molecule has 0 bridgehead atoms. The number of benzene rings is 10. The maximum atomic E-state index is 15.5. The van der Waals surface area contributed by atoms with Gasteiger partial charge in [0.05, 0.1) is 73.0 Å². The average Bonchev–Trinajstić information content (AvgIpc) is 0.749. The third-order valence-corrected chi connectivity index (χ3v) is 20.5. The van der Waals surface area contributed by atoms with E-state index in [0.29, 0.717) is 22.3 Å². The molecule has 14 rings (SSSR count). The minimum absolute atomic E-state index is 0.0320. The molecule has 4 heterocycles. The van der Waals surface area contributed by atoms with Crippen LogP contribution in [-0.2, 0) is 117 Å². The van der Waals surface area contributed by atoms with Crippen molar-refractivity contribution < 1.29 is 139 Å². The summed E-state index contributed by atoms with van der Waals surface area (Å²) in [6.45, 7) is -2.35. The van der Waals surface area contributed by atoms with E-state index >= 15 is 14.4 Å². The fourth-order valence-corrected chi connectivity index (χ4v) is 14.4. The molecule has 0 radical (unpaired) electrons. The van der Waals surface area contributed by atoms with Gasteiger partial charge in [0.2, 0.25) is 0 Å². The summed E-state index contributed by atoms with van der Waals surface area (Å²) in [7, 11) is 0. The minimum atomic E-state index is -2.39. The van der Waals surface area contributed by atoms with Crippen LogP contribution in [0.2, 0.25) is 0 Å². The molecule has 4 fully saturated rings. The Balaban J connectivity index is 0.942. The lowest BCUT2D eigenvalue weighted by Crippen LogP contribution is -2.70. The molecule has 0 amide bonds. The number of hydrogen-bond acceptors (Lipinski definition) is 27. The molecular formula is C94H86O29. The molecule has 636 valence electrons. The van der Waals surface area contributed by atoms with E-state index in [0.717, 1.165) is 0 Å². The van der Waals surface area contributed by atoms with E-state index < -0.39 is 190 Å². The van der Waals surface area contributed by atoms with Crippen LogP contribution in [0.1, 0.15) is 84.4 Å². The zero-order valence-corrected chi connectivity index (χ0v) is 65.7. The van der Waals surface area contributed by atoms with Crippen LogP contribution in [0.4, 0.5) is 0 Å². The number of rotatable bonds is 34. The smallest absolute Gasteiger partial charge is 0.338 e. The number of aliphatic hydroxyl groups is 2. The highest BCUT2D eigenvalue weighted by molar-refractivity contribution is 5.92. The van der Waals surface area contributed by atoms with Crippen molar-refractivity contribution in [1.82, 2.24) is 0 Å². The summed E-state index contributed by atoms with van der Waals surface area (Å²) in [4.78, 5) is 119. The third kappa shape index (κ3) is 22.4. The van der Waals surface area contributed by atoms with Crippen molar-refractivity contribution in [2.24, 2.45) is 0 Å². The maximum Gasteiger partial charge on any atom is 0.338 e. The summed E-state index contributed by atoms with van der Waals surface area (Å²) in [6, 6.07) is 79.2. The predicted molar refractivity (Wildman–Crippen MR) is 429 cm³/mol. The number of hydrogen-bond donors (Lipinski definition) is 4. The molecule has 4 aliphatic heterocycles. The zero-order chi connectivity index (χ0) is 85.6. The number of carbonyl (C=O) groups excluding carboxylic acids is 6. The number of carbonyl (C=O) groups is 8. The Hall–Kier alpha value is -12.6. The van der Waals surface area contributed by atoms with Crippen LogP contribution in [0.3, 0.4) is 0 Å². The van der Waals surface area contributed by atoms with Gasteiger partial charge >= 0.3 is 47.8 Å². The quantitative estimate of drug-likeness (QED) is 0.0215. The van der Waals surface area contributed by atoms with Crippen LogP contribution in [-0.4, -0.2) is 204 Å². The first-order valence-corrected chi connectivity index (χ1v) is 39.5. The lowest BCUT2D eigenvalue weighted by atomic mass is 9.94. The highest BCUT2D eigenvalue weighted by Gasteiger charge is 2.62. The van der Waals surface area contributed by atoms with Crippen molar-refractivity contribution in [1.29, 1.82) is 0 Å². The molecule has 20 atom stereocenters. The van der Waals surface area contributed by atoms with Gasteiger partial charge in [-0.25, -0.2) is 38.4 Å². The van der Waals surface area contributed by atoms with Crippen molar-refractivity contribution in [3.63, 3.8) is 0 Å². The first-order valence-electron chi connectivity index (χ1n) is 39.5. The molecule has 4 aliphatic rings. The largest absolute Gasteiger partial charge is 0.479 e. The fourth-order valence-electron chi connectivity index (χ4n) is 14.4. The lowest BCUT2D eigenvalue weighted by molar-refractivity contribution is -0.386. The summed E-state index contributed by atoms with van der Waals surface area (Å²) in [5.41, 5.74) is 1.67. The second-order valence-corrected chi connectivity index (χ2v) is 28.9. The average molecular weight is 1680 g/mol. The number of aliphatic hydroxyl groups excluding tert-OH is 2. The van der Waals surface area contributed by atoms with Crippen LogP contribution in [0.25, 0.3) is 0 Å². The van der Waals surface area contributed by atoms with Gasteiger partial charge in [-0.3, -0.25) is 0 Å². The molecule has 4 saturated heterocycles. The van der Waals surface area contributed by atoms with E-state index in [-0.39, 0.29) is 53.2 Å². The molecule has 123 heavy (non-hydrogen) atoms. The van der Waals surface area contributed by atoms with Gasteiger partial charge in [-0.15, -0.1) is 0 Å². The number of carboxylic acid groups (broad SMARTS) is 2. The van der Waals surface area contributed by atoms with Gasteiger partial charge in [0.1, 0.15) is 48.8 Å². The first kappa shape index (κ1) is 86.8. The topological polar surface area (TPSA) is 374 Å². The summed E-state index contributed by atoms with van der Waals surface area (Å²) in [6.07, 6.45) is -42.5. The molecule has 10 aromatic carbocycles. The van der Waals surface area contributed by atoms with E-state index in [2.05, 4.69) is 0 Å². The van der Waals surface area contributed by atoms with Crippen molar-refractivity contribution in [2.45, 2.75) is 149 Å². The van der Waals surface area contributed by atoms with Crippen molar-refractivity contribution in [2.75, 3.05) is 13.2 Å². The van der Waals surface area contributed by atoms with Gasteiger partial charge in [0.25, 0.3) is 0 Å². The van der Waals surface area contributed by atoms with Crippen LogP contribution >= 0.6 is 0 Å². The molecule has 0 saturated carbocycles. The van der Waals surface area contributed by atoms with Gasteiger partial charge in [-0.05, 0) is 95.1 Å². The molecule has 20 unspecified atom stereocenters. The normalized spacial score (nSPS) is 26.1. The first-order chi connectivity index (χ1) is 60.0. The zero-order valence-electron chi connectivity index (χ0n) is 65.7. The lowest BCUT2D eigenvalue weighted by Gasteiger charge is -2.51. The molecule has 29 heteroatoms. The summed E-state index contributed by atoms with van der Waals surface area (Å²) in [5, 5.41) is 48.2. The molecular weight excluding hydrogens is 1590 g/mol. The molecule has 29 nitrogen and oxygen atoms in total. The number of esters is 6. The number of ether oxygens (including phenoxy) is 17. The van der Waals surface area contributed by atoms with Crippen molar-refractivity contribution in [3.05, 3.63) is 359 Å². The Labute approximate surface area is 705 Å². The SMILES string of the molecule is O=C(OC1C(OC2C(COCc3ccccc3)OC(OC3C(OC(=O)c4ccccc4)C(OC4C(COCc5ccccc5)OC(O)C(OC(=O)c5ccccc5)C4OC(=O)c4ccccc4)OC(C(=O)O)C3OCc3ccccc3)C(OC(=O)c3ccccc3)C2OC(=O)c2ccccc2)OC(C(=O)O)C(OCc2ccccc2)C1O)c1ccccc1. The minimum Gasteiger partial charge on any atom is -0.479 e. The summed E-state index contributed by atoms with van der Waals surface area (Å²) in [5.74, 6) is -10.2. The highest BCUT2D eigenvalue weighted by atomic mass is 16.8. The predicted octanol–water partition coefficient (Wildman–Crippen LogP) is 10.5. The van der Waals surface area contributed by atoms with Gasteiger partial charge < -0.3 is 101 Å².